The van der Waals surface area contributed by atoms with Crippen LogP contribution in [-0.4, -0.2) is 28.6 Å². The van der Waals surface area contributed by atoms with E-state index in [4.69, 9.17) is 4.42 Å². The molecule has 0 saturated heterocycles. The van der Waals surface area contributed by atoms with Crippen LogP contribution >= 0.6 is 0 Å². The van der Waals surface area contributed by atoms with Crippen LogP contribution in [0, 0.1) is 13.8 Å². The highest BCUT2D eigenvalue weighted by Gasteiger charge is 2.11. The number of anilines is 1. The minimum Gasteiger partial charge on any atom is -0.459 e. The van der Waals surface area contributed by atoms with E-state index in [9.17, 15) is 9.59 Å². The van der Waals surface area contributed by atoms with E-state index in [1.165, 1.54) is 6.26 Å². The molecule has 21 heavy (non-hydrogen) atoms. The van der Waals surface area contributed by atoms with E-state index in [1.54, 1.807) is 12.1 Å². The third-order valence-corrected chi connectivity index (χ3v) is 3.00. The molecule has 0 bridgehead atoms. The van der Waals surface area contributed by atoms with Crippen LogP contribution in [0.1, 0.15) is 34.8 Å². The summed E-state index contributed by atoms with van der Waals surface area (Å²) in [5.41, 5.74) is 2.30. The Kier molecular flexibility index (Phi) is 4.76. The molecule has 7 heteroatoms. The highest BCUT2D eigenvalue weighted by atomic mass is 16.3. The number of hydrogen-bond acceptors (Lipinski definition) is 4. The van der Waals surface area contributed by atoms with Crippen LogP contribution in [0.2, 0.25) is 0 Å². The van der Waals surface area contributed by atoms with E-state index >= 15 is 0 Å². The largest absolute Gasteiger partial charge is 0.459 e. The molecule has 2 heterocycles. The van der Waals surface area contributed by atoms with Crippen LogP contribution in [0.25, 0.3) is 0 Å². The Morgan fingerprint density at radius 1 is 1.38 bits per heavy atom. The van der Waals surface area contributed by atoms with Gasteiger partial charge in [0.15, 0.2) is 5.76 Å². The molecule has 0 aromatic carbocycles. The van der Waals surface area contributed by atoms with Gasteiger partial charge in [0, 0.05) is 13.0 Å². The first-order valence-corrected chi connectivity index (χ1v) is 6.71. The molecule has 2 aromatic heterocycles. The molecule has 112 valence electrons. The van der Waals surface area contributed by atoms with Crippen LogP contribution in [0.5, 0.6) is 0 Å². The number of rotatable bonds is 6. The van der Waals surface area contributed by atoms with Crippen LogP contribution in [0.3, 0.4) is 0 Å². The van der Waals surface area contributed by atoms with Crippen molar-refractivity contribution in [3.05, 3.63) is 35.5 Å². The van der Waals surface area contributed by atoms with Gasteiger partial charge >= 0.3 is 0 Å². The highest BCUT2D eigenvalue weighted by Crippen LogP contribution is 2.16. The molecule has 2 aromatic rings. The molecule has 0 spiro atoms. The molecule has 0 aliphatic carbocycles. The van der Waals surface area contributed by atoms with Gasteiger partial charge < -0.3 is 15.1 Å². The summed E-state index contributed by atoms with van der Waals surface area (Å²) >= 11 is 0. The first-order valence-electron chi connectivity index (χ1n) is 6.71. The maximum absolute atomic E-state index is 11.8. The second-order valence-electron chi connectivity index (χ2n) is 4.69. The van der Waals surface area contributed by atoms with Gasteiger partial charge in [-0.25, -0.2) is 0 Å². The molecule has 3 N–H and O–H groups in total. The van der Waals surface area contributed by atoms with Crippen molar-refractivity contribution < 1.29 is 14.0 Å². The quantitative estimate of drug-likeness (QED) is 0.706. The lowest BCUT2D eigenvalue weighted by molar-refractivity contribution is -0.116. The number of carbonyl (C=O) groups is 2. The van der Waals surface area contributed by atoms with Gasteiger partial charge in [-0.05, 0) is 32.4 Å². The second kappa shape index (κ2) is 6.74. The fraction of sp³-hybridized carbons (Fsp3) is 0.357. The van der Waals surface area contributed by atoms with Gasteiger partial charge in [-0.15, -0.1) is 0 Å². The third-order valence-electron chi connectivity index (χ3n) is 3.00. The average Bonchev–Trinajstić information content (AvgIpc) is 3.09. The lowest BCUT2D eigenvalue weighted by atomic mass is 10.2. The summed E-state index contributed by atoms with van der Waals surface area (Å²) in [7, 11) is 0. The fourth-order valence-corrected chi connectivity index (χ4v) is 1.88. The van der Waals surface area contributed by atoms with Gasteiger partial charge in [0.2, 0.25) is 5.91 Å². The van der Waals surface area contributed by atoms with Crippen LogP contribution < -0.4 is 10.6 Å². The number of aromatic nitrogens is 2. The highest BCUT2D eigenvalue weighted by molar-refractivity contribution is 5.92. The van der Waals surface area contributed by atoms with E-state index < -0.39 is 0 Å². The topological polar surface area (TPSA) is 100 Å². The molecule has 2 rings (SSSR count). The molecular formula is C14H18N4O3. The molecule has 2 amide bonds. The number of nitrogens with zero attached hydrogens (tertiary/aromatic N) is 1. The van der Waals surface area contributed by atoms with E-state index in [0.29, 0.717) is 19.4 Å². The number of aromatic amines is 1. The Morgan fingerprint density at radius 2 is 2.19 bits per heavy atom. The molecule has 0 saturated carbocycles. The molecule has 0 unspecified atom stereocenters. The van der Waals surface area contributed by atoms with Crippen molar-refractivity contribution in [3.63, 3.8) is 0 Å². The lowest BCUT2D eigenvalue weighted by Crippen LogP contribution is -2.25. The zero-order valence-electron chi connectivity index (χ0n) is 12.0. The van der Waals surface area contributed by atoms with Crippen LogP contribution in [0.15, 0.2) is 22.8 Å². The zero-order chi connectivity index (χ0) is 15.2. The van der Waals surface area contributed by atoms with Crippen LogP contribution in [0.4, 0.5) is 5.69 Å². The summed E-state index contributed by atoms with van der Waals surface area (Å²) in [4.78, 5) is 23.4. The molecule has 7 nitrogen and oxygen atoms in total. The third kappa shape index (κ3) is 3.95. The van der Waals surface area contributed by atoms with Gasteiger partial charge in [0.1, 0.15) is 0 Å². The maximum Gasteiger partial charge on any atom is 0.286 e. The van der Waals surface area contributed by atoms with Crippen molar-refractivity contribution in [1.29, 1.82) is 0 Å². The fourth-order valence-electron chi connectivity index (χ4n) is 1.88. The molecule has 0 atom stereocenters. The minimum absolute atomic E-state index is 0.102. The maximum atomic E-state index is 11.8. The second-order valence-corrected chi connectivity index (χ2v) is 4.69. The summed E-state index contributed by atoms with van der Waals surface area (Å²) in [6.07, 6.45) is 2.31. The Bertz CT molecular complexity index is 597. The van der Waals surface area contributed by atoms with Gasteiger partial charge in [-0.1, -0.05) is 0 Å². The Hall–Kier alpha value is -2.57. The number of hydrogen-bond donors (Lipinski definition) is 3. The normalized spacial score (nSPS) is 10.4. The minimum atomic E-state index is -0.276. The predicted octanol–water partition coefficient (Wildman–Crippen LogP) is 1.77. The Morgan fingerprint density at radius 3 is 2.81 bits per heavy atom. The molecular weight excluding hydrogens is 272 g/mol. The number of carbonyl (C=O) groups excluding carboxylic acids is 2. The van der Waals surface area contributed by atoms with Crippen molar-refractivity contribution in [1.82, 2.24) is 15.5 Å². The Balaban J connectivity index is 1.69. The molecule has 0 fully saturated rings. The van der Waals surface area contributed by atoms with Gasteiger partial charge in [-0.3, -0.25) is 14.7 Å². The number of nitrogens with one attached hydrogen (secondary N) is 3. The summed E-state index contributed by atoms with van der Waals surface area (Å²) in [5, 5.41) is 12.3. The van der Waals surface area contributed by atoms with E-state index in [1.807, 2.05) is 13.8 Å². The number of furan rings is 1. The summed E-state index contributed by atoms with van der Waals surface area (Å²) in [6, 6.07) is 3.24. The smallest absolute Gasteiger partial charge is 0.286 e. The molecule has 0 aliphatic rings. The zero-order valence-corrected chi connectivity index (χ0v) is 12.0. The first kappa shape index (κ1) is 14.8. The number of amides is 2. The van der Waals surface area contributed by atoms with E-state index in [-0.39, 0.29) is 17.6 Å². The van der Waals surface area contributed by atoms with Crippen LogP contribution in [-0.2, 0) is 4.79 Å². The Labute approximate surface area is 122 Å². The summed E-state index contributed by atoms with van der Waals surface area (Å²) in [5.74, 6) is -0.110. The average molecular weight is 290 g/mol. The summed E-state index contributed by atoms with van der Waals surface area (Å²) < 4.78 is 4.97. The van der Waals surface area contributed by atoms with Crippen molar-refractivity contribution in [2.75, 3.05) is 11.9 Å². The molecule has 0 aliphatic heterocycles. The summed E-state index contributed by atoms with van der Waals surface area (Å²) in [6.45, 7) is 4.08. The van der Waals surface area contributed by atoms with Crippen molar-refractivity contribution in [2.24, 2.45) is 0 Å². The van der Waals surface area contributed by atoms with Crippen molar-refractivity contribution >= 4 is 17.5 Å². The number of aryl methyl sites for hydroxylation is 2. The predicted molar refractivity (Wildman–Crippen MR) is 77.0 cm³/mol. The van der Waals surface area contributed by atoms with Gasteiger partial charge in [0.05, 0.1) is 23.3 Å². The standard InChI is InChI=1S/C14H18N4O3/c1-9-13(10(2)18-17-9)16-12(19)6-3-7-15-14(20)11-5-4-8-21-11/h4-5,8H,3,6-7H2,1-2H3,(H,15,20)(H,16,19)(H,17,18). The monoisotopic (exact) mass is 290 g/mol. The molecule has 0 radical (unpaired) electrons. The van der Waals surface area contributed by atoms with E-state index in [0.717, 1.165) is 17.1 Å². The lowest BCUT2D eigenvalue weighted by Gasteiger charge is -2.06. The van der Waals surface area contributed by atoms with Gasteiger partial charge in [0.25, 0.3) is 5.91 Å². The van der Waals surface area contributed by atoms with Gasteiger partial charge in [-0.2, -0.15) is 5.10 Å². The number of H-pyrrole nitrogens is 1. The van der Waals surface area contributed by atoms with E-state index in [2.05, 4.69) is 20.8 Å². The van der Waals surface area contributed by atoms with Crippen molar-refractivity contribution in [2.45, 2.75) is 26.7 Å². The first-order chi connectivity index (χ1) is 10.1. The SMILES string of the molecule is Cc1n[nH]c(C)c1NC(=O)CCCNC(=O)c1ccco1. The van der Waals surface area contributed by atoms with Crippen molar-refractivity contribution in [3.8, 4) is 0 Å².